The van der Waals surface area contributed by atoms with Crippen LogP contribution in [0, 0.1) is 11.7 Å². The average molecular weight is 312 g/mol. The molecule has 4 heteroatoms. The SMILES string of the molecule is Fc1ccc(OC[C@@H]2C3CCC(C3)N2Cc2ccncc2)cc1. The highest BCUT2D eigenvalue weighted by molar-refractivity contribution is 5.22. The summed E-state index contributed by atoms with van der Waals surface area (Å²) in [6.45, 7) is 1.64. The van der Waals surface area contributed by atoms with Crippen molar-refractivity contribution in [1.82, 2.24) is 9.88 Å². The summed E-state index contributed by atoms with van der Waals surface area (Å²) in [5.41, 5.74) is 1.30. The van der Waals surface area contributed by atoms with Crippen molar-refractivity contribution < 1.29 is 9.13 Å². The number of halogens is 1. The molecule has 0 amide bonds. The van der Waals surface area contributed by atoms with Gasteiger partial charge < -0.3 is 4.74 Å². The summed E-state index contributed by atoms with van der Waals surface area (Å²) in [6, 6.07) is 11.6. The number of pyridine rings is 1. The van der Waals surface area contributed by atoms with Gasteiger partial charge in [0.25, 0.3) is 0 Å². The number of ether oxygens (including phenoxy) is 1. The summed E-state index contributed by atoms with van der Waals surface area (Å²) in [7, 11) is 0. The lowest BCUT2D eigenvalue weighted by atomic mass is 9.99. The van der Waals surface area contributed by atoms with Crippen molar-refractivity contribution in [3.8, 4) is 5.75 Å². The van der Waals surface area contributed by atoms with Gasteiger partial charge in [-0.25, -0.2) is 4.39 Å². The van der Waals surface area contributed by atoms with Crippen molar-refractivity contribution in [1.29, 1.82) is 0 Å². The lowest BCUT2D eigenvalue weighted by Crippen LogP contribution is -2.43. The number of likely N-dealkylation sites (tertiary alicyclic amines) is 1. The molecular formula is C19H21FN2O. The molecule has 1 aliphatic carbocycles. The average Bonchev–Trinajstić information content (AvgIpc) is 3.17. The summed E-state index contributed by atoms with van der Waals surface area (Å²) in [5.74, 6) is 1.25. The van der Waals surface area contributed by atoms with Gasteiger partial charge in [0, 0.05) is 31.0 Å². The molecule has 1 saturated heterocycles. The van der Waals surface area contributed by atoms with Crippen LogP contribution in [0.4, 0.5) is 4.39 Å². The van der Waals surface area contributed by atoms with Gasteiger partial charge in [0.2, 0.25) is 0 Å². The molecule has 1 aromatic carbocycles. The lowest BCUT2D eigenvalue weighted by Gasteiger charge is -2.35. The van der Waals surface area contributed by atoms with Gasteiger partial charge in [0.1, 0.15) is 18.2 Å². The third-order valence-electron chi connectivity index (χ3n) is 5.23. The molecule has 2 bridgehead atoms. The minimum Gasteiger partial charge on any atom is -0.492 e. The fourth-order valence-corrected chi connectivity index (χ4v) is 4.07. The normalized spacial score (nSPS) is 26.6. The maximum Gasteiger partial charge on any atom is 0.123 e. The fourth-order valence-electron chi connectivity index (χ4n) is 4.07. The molecule has 0 radical (unpaired) electrons. The second-order valence-electron chi connectivity index (χ2n) is 6.59. The Hall–Kier alpha value is -1.94. The first-order chi connectivity index (χ1) is 11.3. The minimum atomic E-state index is -0.225. The number of hydrogen-bond acceptors (Lipinski definition) is 3. The molecule has 0 spiro atoms. The Morgan fingerprint density at radius 1 is 1.09 bits per heavy atom. The van der Waals surface area contributed by atoms with Crippen molar-refractivity contribution in [2.75, 3.05) is 6.61 Å². The number of benzene rings is 1. The van der Waals surface area contributed by atoms with Crippen LogP contribution < -0.4 is 4.74 Å². The van der Waals surface area contributed by atoms with Gasteiger partial charge in [-0.3, -0.25) is 9.88 Å². The zero-order valence-electron chi connectivity index (χ0n) is 13.1. The number of aromatic nitrogens is 1. The molecule has 1 aromatic heterocycles. The Labute approximate surface area is 136 Å². The monoisotopic (exact) mass is 312 g/mol. The molecule has 120 valence electrons. The van der Waals surface area contributed by atoms with Crippen molar-refractivity contribution in [3.63, 3.8) is 0 Å². The summed E-state index contributed by atoms with van der Waals surface area (Å²) in [5, 5.41) is 0. The maximum atomic E-state index is 13.0. The second kappa shape index (κ2) is 6.28. The molecule has 2 heterocycles. The van der Waals surface area contributed by atoms with Gasteiger partial charge in [0.15, 0.2) is 0 Å². The van der Waals surface area contributed by atoms with Crippen LogP contribution in [0.2, 0.25) is 0 Å². The van der Waals surface area contributed by atoms with Crippen LogP contribution in [0.25, 0.3) is 0 Å². The fraction of sp³-hybridized carbons (Fsp3) is 0.421. The molecule has 3 atom stereocenters. The van der Waals surface area contributed by atoms with E-state index in [-0.39, 0.29) is 5.82 Å². The van der Waals surface area contributed by atoms with Gasteiger partial charge in [-0.05, 0) is 67.1 Å². The van der Waals surface area contributed by atoms with Crippen LogP contribution in [-0.4, -0.2) is 28.6 Å². The van der Waals surface area contributed by atoms with Crippen molar-refractivity contribution in [3.05, 3.63) is 60.2 Å². The Balaban J connectivity index is 1.44. The zero-order chi connectivity index (χ0) is 15.6. The first-order valence-corrected chi connectivity index (χ1v) is 8.32. The van der Waals surface area contributed by atoms with Crippen molar-refractivity contribution >= 4 is 0 Å². The Kier molecular flexibility index (Phi) is 4.00. The van der Waals surface area contributed by atoms with Gasteiger partial charge in [-0.2, -0.15) is 0 Å². The van der Waals surface area contributed by atoms with Gasteiger partial charge in [-0.15, -0.1) is 0 Å². The summed E-state index contributed by atoms with van der Waals surface area (Å²) >= 11 is 0. The van der Waals surface area contributed by atoms with E-state index in [1.807, 2.05) is 12.4 Å². The maximum absolute atomic E-state index is 13.0. The predicted molar refractivity (Wildman–Crippen MR) is 86.6 cm³/mol. The van der Waals surface area contributed by atoms with Crippen LogP contribution in [0.15, 0.2) is 48.8 Å². The Bertz CT molecular complexity index is 646. The smallest absolute Gasteiger partial charge is 0.123 e. The van der Waals surface area contributed by atoms with E-state index in [0.29, 0.717) is 18.7 Å². The van der Waals surface area contributed by atoms with Gasteiger partial charge >= 0.3 is 0 Å². The van der Waals surface area contributed by atoms with Crippen LogP contribution in [0.5, 0.6) is 5.75 Å². The van der Waals surface area contributed by atoms with Crippen LogP contribution in [0.3, 0.4) is 0 Å². The second-order valence-corrected chi connectivity index (χ2v) is 6.59. The lowest BCUT2D eigenvalue weighted by molar-refractivity contribution is 0.0867. The summed E-state index contributed by atoms with van der Waals surface area (Å²) in [6.07, 6.45) is 7.58. The molecule has 4 rings (SSSR count). The first kappa shape index (κ1) is 14.6. The quantitative estimate of drug-likeness (QED) is 0.842. The molecule has 0 N–H and O–H groups in total. The molecule has 23 heavy (non-hydrogen) atoms. The van der Waals surface area contributed by atoms with Crippen molar-refractivity contribution in [2.45, 2.75) is 37.9 Å². The van der Waals surface area contributed by atoms with Crippen molar-refractivity contribution in [2.24, 2.45) is 5.92 Å². The predicted octanol–water partition coefficient (Wildman–Crippen LogP) is 3.65. The standard InChI is InChI=1S/C19H21FN2O/c20-16-2-5-18(6-3-16)23-13-19-15-1-4-17(11-15)22(19)12-14-7-9-21-10-8-14/h2-3,5-10,15,17,19H,1,4,11-13H2/t15?,17?,19-/m1/s1. The number of fused-ring (bicyclic) bond motifs is 2. The molecule has 1 aliphatic heterocycles. The van der Waals surface area contributed by atoms with E-state index in [1.165, 1.54) is 37.0 Å². The minimum absolute atomic E-state index is 0.225. The molecule has 2 fully saturated rings. The number of piperidine rings is 1. The van der Waals surface area contributed by atoms with E-state index in [0.717, 1.165) is 18.2 Å². The highest BCUT2D eigenvalue weighted by Crippen LogP contribution is 2.43. The van der Waals surface area contributed by atoms with E-state index in [2.05, 4.69) is 22.0 Å². The summed E-state index contributed by atoms with van der Waals surface area (Å²) < 4.78 is 18.9. The van der Waals surface area contributed by atoms with Crippen LogP contribution in [0.1, 0.15) is 24.8 Å². The highest BCUT2D eigenvalue weighted by Gasteiger charge is 2.45. The molecular weight excluding hydrogens is 291 g/mol. The molecule has 2 unspecified atom stereocenters. The largest absolute Gasteiger partial charge is 0.492 e. The zero-order valence-corrected chi connectivity index (χ0v) is 13.1. The third-order valence-corrected chi connectivity index (χ3v) is 5.23. The Morgan fingerprint density at radius 3 is 2.65 bits per heavy atom. The highest BCUT2D eigenvalue weighted by atomic mass is 19.1. The van der Waals surface area contributed by atoms with E-state index in [1.54, 1.807) is 12.1 Å². The molecule has 2 aromatic rings. The van der Waals surface area contributed by atoms with E-state index in [9.17, 15) is 4.39 Å². The van der Waals surface area contributed by atoms with Crippen LogP contribution >= 0.6 is 0 Å². The van der Waals surface area contributed by atoms with E-state index >= 15 is 0 Å². The number of hydrogen-bond donors (Lipinski definition) is 0. The summed E-state index contributed by atoms with van der Waals surface area (Å²) in [4.78, 5) is 6.69. The Morgan fingerprint density at radius 2 is 1.87 bits per heavy atom. The number of nitrogens with zero attached hydrogens (tertiary/aromatic N) is 2. The molecule has 1 saturated carbocycles. The first-order valence-electron chi connectivity index (χ1n) is 8.32. The van der Waals surface area contributed by atoms with E-state index < -0.39 is 0 Å². The third kappa shape index (κ3) is 3.08. The topological polar surface area (TPSA) is 25.4 Å². The van der Waals surface area contributed by atoms with Gasteiger partial charge in [-0.1, -0.05) is 0 Å². The number of rotatable bonds is 5. The van der Waals surface area contributed by atoms with Gasteiger partial charge in [0.05, 0.1) is 0 Å². The molecule has 3 nitrogen and oxygen atoms in total. The molecule has 2 aliphatic rings. The van der Waals surface area contributed by atoms with Crippen LogP contribution in [-0.2, 0) is 6.54 Å². The van der Waals surface area contributed by atoms with E-state index in [4.69, 9.17) is 4.74 Å².